The maximum absolute atomic E-state index is 6.54. The van der Waals surface area contributed by atoms with Gasteiger partial charge in [0.05, 0.1) is 5.52 Å². The maximum Gasteiger partial charge on any atom is 0.333 e. The van der Waals surface area contributed by atoms with Crippen molar-refractivity contribution >= 4 is 67.8 Å². The molecule has 9 rings (SSSR count). The minimum atomic E-state index is 0.0534. The van der Waals surface area contributed by atoms with E-state index in [0.717, 1.165) is 11.2 Å². The number of aromatic nitrogens is 1. The summed E-state index contributed by atoms with van der Waals surface area (Å²) in [5.41, 5.74) is 14.5. The third-order valence-electron chi connectivity index (χ3n) is 8.18. The molecule has 0 aliphatic carbocycles. The van der Waals surface area contributed by atoms with Gasteiger partial charge in [-0.2, -0.15) is 0 Å². The Morgan fingerprint density at radius 2 is 1.43 bits per heavy atom. The Labute approximate surface area is 214 Å². The Hall–Kier alpha value is -4.70. The first-order valence-electron chi connectivity index (χ1n) is 12.8. The maximum atomic E-state index is 6.54. The number of nitrogens with zero attached hydrogens (tertiary/aromatic N) is 2. The molecule has 0 amide bonds. The SMILES string of the molecule is Cc1cc2c3c(c1)N(c1ccccc1)c1ccccc1B3n1c3c-2cccc3c2oc3ccccc3c21. The zero-order chi connectivity index (χ0) is 24.2. The predicted octanol–water partition coefficient (Wildman–Crippen LogP) is 7.27. The molecule has 0 saturated carbocycles. The van der Waals surface area contributed by atoms with E-state index in [2.05, 4.69) is 125 Å². The van der Waals surface area contributed by atoms with Crippen molar-refractivity contribution in [3.05, 3.63) is 115 Å². The molecule has 0 N–H and O–H groups in total. The Balaban J connectivity index is 1.51. The summed E-state index contributed by atoms with van der Waals surface area (Å²) in [5, 5.41) is 2.35. The quantitative estimate of drug-likeness (QED) is 0.235. The van der Waals surface area contributed by atoms with Crippen molar-refractivity contribution in [1.82, 2.24) is 4.48 Å². The van der Waals surface area contributed by atoms with Crippen molar-refractivity contribution in [2.24, 2.45) is 0 Å². The van der Waals surface area contributed by atoms with E-state index in [4.69, 9.17) is 4.42 Å². The van der Waals surface area contributed by atoms with Crippen LogP contribution in [0.3, 0.4) is 0 Å². The predicted molar refractivity (Wildman–Crippen MR) is 154 cm³/mol. The van der Waals surface area contributed by atoms with Gasteiger partial charge >= 0.3 is 6.85 Å². The molecule has 0 bridgehead atoms. The van der Waals surface area contributed by atoms with Gasteiger partial charge in [0.25, 0.3) is 0 Å². The van der Waals surface area contributed by atoms with Crippen LogP contribution in [0.15, 0.2) is 114 Å². The zero-order valence-corrected chi connectivity index (χ0v) is 20.3. The highest BCUT2D eigenvalue weighted by Gasteiger charge is 2.43. The van der Waals surface area contributed by atoms with Crippen LogP contribution in [0, 0.1) is 6.92 Å². The largest absolute Gasteiger partial charge is 0.454 e. The summed E-state index contributed by atoms with van der Waals surface area (Å²) < 4.78 is 9.11. The molecule has 0 spiro atoms. The van der Waals surface area contributed by atoms with Gasteiger partial charge in [-0.15, -0.1) is 0 Å². The van der Waals surface area contributed by atoms with E-state index in [-0.39, 0.29) is 6.85 Å². The van der Waals surface area contributed by atoms with Crippen molar-refractivity contribution in [3.63, 3.8) is 0 Å². The standard InChI is InChI=1S/C33H21BN2O/c1-20-18-25-22-13-9-14-24-31(22)36(32-23-12-5-8-17-29(23)37-33(24)32)34-26-15-6-7-16-27(26)35(28(19-20)30(25)34)21-10-3-2-4-11-21/h2-19H,1H3. The van der Waals surface area contributed by atoms with E-state index in [1.54, 1.807) is 0 Å². The van der Waals surface area contributed by atoms with Crippen LogP contribution in [0.1, 0.15) is 5.56 Å². The number of fused-ring (bicyclic) bond motifs is 9. The van der Waals surface area contributed by atoms with Crippen LogP contribution in [0.5, 0.6) is 0 Å². The summed E-state index contributed by atoms with van der Waals surface area (Å²) in [6.07, 6.45) is 0. The summed E-state index contributed by atoms with van der Waals surface area (Å²) in [5.74, 6) is 0. The highest BCUT2D eigenvalue weighted by molar-refractivity contribution is 6.90. The second kappa shape index (κ2) is 6.74. The van der Waals surface area contributed by atoms with Gasteiger partial charge in [-0.3, -0.25) is 0 Å². The molecule has 4 heteroatoms. The van der Waals surface area contributed by atoms with Crippen molar-refractivity contribution in [2.75, 3.05) is 4.90 Å². The number of para-hydroxylation sites is 4. The summed E-state index contributed by atoms with van der Waals surface area (Å²) in [6, 6.07) is 39.5. The fraction of sp³-hybridized carbons (Fsp3) is 0.0303. The fourth-order valence-electron chi connectivity index (χ4n) is 6.83. The van der Waals surface area contributed by atoms with E-state index in [9.17, 15) is 0 Å². The van der Waals surface area contributed by atoms with Gasteiger partial charge in [0, 0.05) is 38.9 Å². The summed E-state index contributed by atoms with van der Waals surface area (Å²) in [7, 11) is 0. The topological polar surface area (TPSA) is 21.3 Å². The average molecular weight is 472 g/mol. The number of hydrogen-bond acceptors (Lipinski definition) is 2. The fourth-order valence-corrected chi connectivity index (χ4v) is 6.83. The molecule has 2 aliphatic heterocycles. The lowest BCUT2D eigenvalue weighted by molar-refractivity contribution is 0.673. The van der Waals surface area contributed by atoms with Gasteiger partial charge in [-0.05, 0) is 71.4 Å². The molecular formula is C33H21BN2O. The molecule has 0 atom stereocenters. The van der Waals surface area contributed by atoms with E-state index < -0.39 is 0 Å². The first-order valence-corrected chi connectivity index (χ1v) is 12.8. The van der Waals surface area contributed by atoms with Crippen molar-refractivity contribution < 1.29 is 4.42 Å². The Bertz CT molecular complexity index is 2070. The van der Waals surface area contributed by atoms with Crippen LogP contribution in [-0.2, 0) is 0 Å². The second-order valence-corrected chi connectivity index (χ2v) is 10.2. The molecule has 7 aromatic rings. The minimum Gasteiger partial charge on any atom is -0.454 e. The van der Waals surface area contributed by atoms with Crippen molar-refractivity contribution in [2.45, 2.75) is 6.92 Å². The lowest BCUT2D eigenvalue weighted by Crippen LogP contribution is -2.56. The highest BCUT2D eigenvalue weighted by atomic mass is 16.3. The van der Waals surface area contributed by atoms with Gasteiger partial charge < -0.3 is 13.8 Å². The van der Waals surface area contributed by atoms with E-state index in [0.29, 0.717) is 0 Å². The van der Waals surface area contributed by atoms with Crippen LogP contribution < -0.4 is 15.8 Å². The normalized spacial score (nSPS) is 13.4. The number of furan rings is 1. The molecular weight excluding hydrogens is 451 g/mol. The summed E-state index contributed by atoms with van der Waals surface area (Å²) >= 11 is 0. The first-order chi connectivity index (χ1) is 18.3. The lowest BCUT2D eigenvalue weighted by atomic mass is 9.45. The molecule has 172 valence electrons. The molecule has 2 aromatic heterocycles. The van der Waals surface area contributed by atoms with E-state index in [1.807, 2.05) is 0 Å². The highest BCUT2D eigenvalue weighted by Crippen LogP contribution is 2.46. The molecule has 0 fully saturated rings. The third kappa shape index (κ3) is 2.33. The molecule has 0 radical (unpaired) electrons. The van der Waals surface area contributed by atoms with Crippen LogP contribution in [0.4, 0.5) is 17.1 Å². The second-order valence-electron chi connectivity index (χ2n) is 10.2. The van der Waals surface area contributed by atoms with Gasteiger partial charge in [0.1, 0.15) is 5.58 Å². The monoisotopic (exact) mass is 472 g/mol. The van der Waals surface area contributed by atoms with Crippen LogP contribution in [-0.4, -0.2) is 11.3 Å². The number of hydrogen-bond donors (Lipinski definition) is 0. The number of benzene rings is 5. The molecule has 0 saturated heterocycles. The van der Waals surface area contributed by atoms with Crippen LogP contribution >= 0.6 is 0 Å². The zero-order valence-electron chi connectivity index (χ0n) is 20.3. The van der Waals surface area contributed by atoms with Gasteiger partial charge in [0.2, 0.25) is 0 Å². The number of anilines is 3. The molecule has 37 heavy (non-hydrogen) atoms. The number of rotatable bonds is 1. The van der Waals surface area contributed by atoms with Gasteiger partial charge in [0.15, 0.2) is 5.58 Å². The molecule has 4 heterocycles. The molecule has 0 unspecified atom stereocenters. The van der Waals surface area contributed by atoms with Crippen molar-refractivity contribution in [3.8, 4) is 11.1 Å². The average Bonchev–Trinajstić information content (AvgIpc) is 3.47. The van der Waals surface area contributed by atoms with Crippen LogP contribution in [0.2, 0.25) is 0 Å². The van der Waals surface area contributed by atoms with E-state index in [1.165, 1.54) is 66.5 Å². The van der Waals surface area contributed by atoms with E-state index >= 15 is 0 Å². The Morgan fingerprint density at radius 3 is 2.35 bits per heavy atom. The molecule has 3 nitrogen and oxygen atoms in total. The number of aryl methyl sites for hydroxylation is 1. The van der Waals surface area contributed by atoms with Crippen molar-refractivity contribution in [1.29, 1.82) is 0 Å². The first kappa shape index (κ1) is 19.5. The minimum absolute atomic E-state index is 0.0534. The molecule has 5 aromatic carbocycles. The molecule has 2 aliphatic rings. The summed E-state index contributed by atoms with van der Waals surface area (Å²) in [4.78, 5) is 2.44. The summed E-state index contributed by atoms with van der Waals surface area (Å²) in [6.45, 7) is 2.26. The Morgan fingerprint density at radius 1 is 0.649 bits per heavy atom. The lowest BCUT2D eigenvalue weighted by Gasteiger charge is -2.40. The third-order valence-corrected chi connectivity index (χ3v) is 8.18. The smallest absolute Gasteiger partial charge is 0.333 e. The van der Waals surface area contributed by atoms with Gasteiger partial charge in [-0.1, -0.05) is 66.7 Å². The van der Waals surface area contributed by atoms with Gasteiger partial charge in [-0.25, -0.2) is 0 Å². The Kier molecular flexibility index (Phi) is 3.55. The van der Waals surface area contributed by atoms with Crippen LogP contribution in [0.25, 0.3) is 44.1 Å².